The Morgan fingerprint density at radius 1 is 1.50 bits per heavy atom. The number of β-lactam (4-membered cyclic amide) rings is 1. The van der Waals surface area contributed by atoms with Gasteiger partial charge < -0.3 is 10.1 Å². The number of amides is 2. The Bertz CT molecular complexity index is 728. The molecule has 3 rings (SSSR count). The van der Waals surface area contributed by atoms with E-state index in [1.54, 1.807) is 0 Å². The number of hydrogen-bond acceptors (Lipinski definition) is 7. The van der Waals surface area contributed by atoms with Crippen molar-refractivity contribution in [3.63, 3.8) is 0 Å². The molecule has 0 saturated carbocycles. The van der Waals surface area contributed by atoms with Crippen molar-refractivity contribution in [2.24, 2.45) is 0 Å². The zero-order valence-corrected chi connectivity index (χ0v) is 14.3. The minimum atomic E-state index is -0.723. The normalized spacial score (nSPS) is 22.5. The van der Waals surface area contributed by atoms with Crippen LogP contribution in [-0.4, -0.2) is 53.2 Å². The lowest BCUT2D eigenvalue weighted by Crippen LogP contribution is -2.70. The number of carbonyl (C=O) groups is 4. The lowest BCUT2D eigenvalue weighted by molar-refractivity contribution is -0.151. The van der Waals surface area contributed by atoms with Gasteiger partial charge in [-0.2, -0.15) is 0 Å². The molecule has 1 unspecified atom stereocenters. The summed E-state index contributed by atoms with van der Waals surface area (Å²) in [6.45, 7) is 0. The average Bonchev–Trinajstić information content (AvgIpc) is 3.10. The van der Waals surface area contributed by atoms with Crippen LogP contribution in [0.4, 0.5) is 0 Å². The first kappa shape index (κ1) is 16.7. The second-order valence-corrected chi connectivity index (χ2v) is 7.33. The van der Waals surface area contributed by atoms with Crippen LogP contribution >= 0.6 is 23.1 Å². The van der Waals surface area contributed by atoms with E-state index in [0.717, 1.165) is 4.88 Å². The number of thioether (sulfide) groups is 1. The van der Waals surface area contributed by atoms with Crippen molar-refractivity contribution in [1.29, 1.82) is 0 Å². The van der Waals surface area contributed by atoms with Crippen LogP contribution in [0.25, 0.3) is 0 Å². The van der Waals surface area contributed by atoms with Crippen molar-refractivity contribution in [3.8, 4) is 0 Å². The van der Waals surface area contributed by atoms with Gasteiger partial charge in [0.15, 0.2) is 0 Å². The van der Waals surface area contributed by atoms with E-state index in [0.29, 0.717) is 12.0 Å². The molecule has 0 aromatic carbocycles. The van der Waals surface area contributed by atoms with Crippen LogP contribution in [0, 0.1) is 0 Å². The fourth-order valence-corrected chi connectivity index (χ4v) is 4.61. The Kier molecular flexibility index (Phi) is 4.72. The Labute approximate surface area is 146 Å². The monoisotopic (exact) mass is 366 g/mol. The summed E-state index contributed by atoms with van der Waals surface area (Å²) in [4.78, 5) is 49.6. The summed E-state index contributed by atoms with van der Waals surface area (Å²) < 4.78 is 4.66. The van der Waals surface area contributed by atoms with E-state index in [1.165, 1.54) is 35.1 Å². The third kappa shape index (κ3) is 2.84. The van der Waals surface area contributed by atoms with Gasteiger partial charge in [-0.15, -0.1) is 23.1 Å². The van der Waals surface area contributed by atoms with Crippen LogP contribution in [0.1, 0.15) is 4.88 Å². The maximum atomic E-state index is 12.4. The maximum absolute atomic E-state index is 12.4. The third-order valence-corrected chi connectivity index (χ3v) is 5.93. The second kappa shape index (κ2) is 6.78. The van der Waals surface area contributed by atoms with Crippen molar-refractivity contribution in [2.45, 2.75) is 17.8 Å². The van der Waals surface area contributed by atoms with Crippen molar-refractivity contribution in [2.75, 3.05) is 12.9 Å². The molecule has 7 nitrogen and oxygen atoms in total. The van der Waals surface area contributed by atoms with Gasteiger partial charge in [0, 0.05) is 16.2 Å². The molecule has 1 saturated heterocycles. The van der Waals surface area contributed by atoms with Gasteiger partial charge in [0.05, 0.1) is 13.5 Å². The molecule has 2 amide bonds. The first-order valence-electron chi connectivity index (χ1n) is 7.10. The number of methoxy groups -OCH3 is 1. The quantitative estimate of drug-likeness (QED) is 0.458. The number of nitrogens with zero attached hydrogens (tertiary/aromatic N) is 1. The molecule has 24 heavy (non-hydrogen) atoms. The standard InChI is InChI=1S/C15H14N2O5S2/c1-22-15(21)12-8(6-18)7-24-14-11(13(20)17(12)14)16-10(19)5-9-3-2-4-23-9/h2-4,6,11,14H,5,7H2,1H3,(H,16,19)/t11?,14-/m1/s1. The summed E-state index contributed by atoms with van der Waals surface area (Å²) >= 11 is 2.80. The van der Waals surface area contributed by atoms with Gasteiger partial charge in [-0.25, -0.2) is 4.79 Å². The summed E-state index contributed by atoms with van der Waals surface area (Å²) in [5, 5.41) is 4.19. The molecule has 2 aliphatic rings. The zero-order valence-electron chi connectivity index (χ0n) is 12.7. The largest absolute Gasteiger partial charge is 0.464 e. The molecule has 1 aromatic heterocycles. The summed E-state index contributed by atoms with van der Waals surface area (Å²) in [6, 6.07) is 3.01. The molecule has 0 aliphatic carbocycles. The van der Waals surface area contributed by atoms with Crippen molar-refractivity contribution in [3.05, 3.63) is 33.7 Å². The lowest BCUT2D eigenvalue weighted by atomic mass is 10.0. The number of nitrogens with one attached hydrogen (secondary N) is 1. The van der Waals surface area contributed by atoms with E-state index >= 15 is 0 Å². The van der Waals surface area contributed by atoms with Gasteiger partial charge in [0.2, 0.25) is 5.91 Å². The number of aldehydes is 1. The Morgan fingerprint density at radius 3 is 2.92 bits per heavy atom. The van der Waals surface area contributed by atoms with Crippen LogP contribution in [0.2, 0.25) is 0 Å². The molecule has 9 heteroatoms. The highest BCUT2D eigenvalue weighted by atomic mass is 32.2. The lowest BCUT2D eigenvalue weighted by Gasteiger charge is -2.49. The highest BCUT2D eigenvalue weighted by Gasteiger charge is 2.54. The molecule has 126 valence electrons. The number of hydrogen-bond donors (Lipinski definition) is 1. The summed E-state index contributed by atoms with van der Waals surface area (Å²) in [5.41, 5.74) is 0.199. The highest BCUT2D eigenvalue weighted by molar-refractivity contribution is 8.00. The minimum absolute atomic E-state index is 0.0231. The van der Waals surface area contributed by atoms with Gasteiger partial charge >= 0.3 is 5.97 Å². The number of thiophene rings is 1. The van der Waals surface area contributed by atoms with Crippen LogP contribution < -0.4 is 5.32 Å². The maximum Gasteiger partial charge on any atom is 0.355 e. The predicted octanol–water partition coefficient (Wildman–Crippen LogP) is 0.316. The molecular weight excluding hydrogens is 352 g/mol. The second-order valence-electron chi connectivity index (χ2n) is 5.19. The molecule has 2 aliphatic heterocycles. The first-order valence-corrected chi connectivity index (χ1v) is 9.02. The van der Waals surface area contributed by atoms with Gasteiger partial charge in [-0.1, -0.05) is 6.07 Å². The molecule has 3 heterocycles. The SMILES string of the molecule is COC(=O)C1=C(C=O)CS[C@@H]2C(NC(=O)Cc3cccs3)C(=O)N12. The van der Waals surface area contributed by atoms with Crippen LogP contribution in [0.3, 0.4) is 0 Å². The van der Waals surface area contributed by atoms with Crippen molar-refractivity contribution < 1.29 is 23.9 Å². The van der Waals surface area contributed by atoms with Gasteiger partial charge in [-0.05, 0) is 11.4 Å². The van der Waals surface area contributed by atoms with Crippen molar-refractivity contribution in [1.82, 2.24) is 10.2 Å². The number of esters is 1. The first-order chi connectivity index (χ1) is 11.6. The minimum Gasteiger partial charge on any atom is -0.464 e. The third-order valence-electron chi connectivity index (χ3n) is 3.75. The number of ether oxygens (including phenoxy) is 1. The predicted molar refractivity (Wildman–Crippen MR) is 88.2 cm³/mol. The highest BCUT2D eigenvalue weighted by Crippen LogP contribution is 2.40. The topological polar surface area (TPSA) is 92.8 Å². The molecule has 1 fully saturated rings. The van der Waals surface area contributed by atoms with Crippen molar-refractivity contribution >= 4 is 47.2 Å². The van der Waals surface area contributed by atoms with Gasteiger partial charge in [0.25, 0.3) is 5.91 Å². The van der Waals surface area contributed by atoms with E-state index in [2.05, 4.69) is 10.1 Å². The fourth-order valence-electron chi connectivity index (χ4n) is 2.62. The average molecular weight is 366 g/mol. The molecular formula is C15H14N2O5S2. The molecule has 0 radical (unpaired) electrons. The Balaban J connectivity index is 1.72. The van der Waals surface area contributed by atoms with Gasteiger partial charge in [-0.3, -0.25) is 19.3 Å². The Morgan fingerprint density at radius 2 is 2.29 bits per heavy atom. The number of rotatable bonds is 5. The number of fused-ring (bicyclic) bond motifs is 1. The molecule has 0 spiro atoms. The van der Waals surface area contributed by atoms with E-state index < -0.39 is 23.3 Å². The summed E-state index contributed by atoms with van der Waals surface area (Å²) in [5.74, 6) is -1.09. The molecule has 1 N–H and O–H groups in total. The van der Waals surface area contributed by atoms with Crippen LogP contribution in [0.15, 0.2) is 28.8 Å². The van der Waals surface area contributed by atoms with E-state index in [-0.39, 0.29) is 23.6 Å². The number of carbonyl (C=O) groups excluding carboxylic acids is 4. The Hall–Kier alpha value is -2.13. The molecule has 1 aromatic rings. The summed E-state index contributed by atoms with van der Waals surface area (Å²) in [6.07, 6.45) is 0.767. The van der Waals surface area contributed by atoms with Gasteiger partial charge in [0.1, 0.15) is 23.4 Å². The smallest absolute Gasteiger partial charge is 0.355 e. The van der Waals surface area contributed by atoms with E-state index in [9.17, 15) is 19.2 Å². The van der Waals surface area contributed by atoms with Crippen LogP contribution in [-0.2, 0) is 30.3 Å². The summed E-state index contributed by atoms with van der Waals surface area (Å²) in [7, 11) is 1.19. The van der Waals surface area contributed by atoms with E-state index in [4.69, 9.17) is 0 Å². The molecule has 2 atom stereocenters. The van der Waals surface area contributed by atoms with E-state index in [1.807, 2.05) is 17.5 Å². The zero-order chi connectivity index (χ0) is 17.3. The fraction of sp³-hybridized carbons (Fsp3) is 0.333. The van der Waals surface area contributed by atoms with Crippen LogP contribution in [0.5, 0.6) is 0 Å². The molecule has 0 bridgehead atoms.